The summed E-state index contributed by atoms with van der Waals surface area (Å²) in [4.78, 5) is 0. The van der Waals surface area contributed by atoms with Gasteiger partial charge in [0.15, 0.2) is 0 Å². The standard InChI is InChI=1S/C7H15O/c1-5-7(2,3)6-8-4/h5H,6H2,1-4H3. The van der Waals surface area contributed by atoms with Crippen molar-refractivity contribution in [3.8, 4) is 0 Å². The smallest absolute Gasteiger partial charge is 0.0516 e. The second-order valence-electron chi connectivity index (χ2n) is 2.71. The van der Waals surface area contributed by atoms with E-state index in [0.29, 0.717) is 0 Å². The van der Waals surface area contributed by atoms with Crippen molar-refractivity contribution in [1.29, 1.82) is 0 Å². The van der Waals surface area contributed by atoms with Crippen LogP contribution in [0.4, 0.5) is 0 Å². The molecule has 0 atom stereocenters. The molecule has 0 saturated carbocycles. The van der Waals surface area contributed by atoms with Gasteiger partial charge in [-0.1, -0.05) is 20.8 Å². The first kappa shape index (κ1) is 7.96. The third-order valence-electron chi connectivity index (χ3n) is 1.30. The number of hydrogen-bond donors (Lipinski definition) is 0. The van der Waals surface area contributed by atoms with Gasteiger partial charge in [-0.2, -0.15) is 0 Å². The van der Waals surface area contributed by atoms with Crippen molar-refractivity contribution in [1.82, 2.24) is 0 Å². The molecular weight excluding hydrogens is 100 g/mol. The molecule has 0 spiro atoms. The van der Waals surface area contributed by atoms with Crippen LogP contribution >= 0.6 is 0 Å². The number of hydrogen-bond acceptors (Lipinski definition) is 1. The second kappa shape index (κ2) is 3.08. The molecule has 0 unspecified atom stereocenters. The molecule has 0 aromatic rings. The lowest BCUT2D eigenvalue weighted by Crippen LogP contribution is -2.17. The summed E-state index contributed by atoms with van der Waals surface area (Å²) in [6.45, 7) is 7.16. The topological polar surface area (TPSA) is 9.23 Å². The van der Waals surface area contributed by atoms with Crippen molar-refractivity contribution in [2.24, 2.45) is 5.41 Å². The lowest BCUT2D eigenvalue weighted by atomic mass is 9.92. The highest BCUT2D eigenvalue weighted by atomic mass is 16.5. The van der Waals surface area contributed by atoms with Gasteiger partial charge in [0.1, 0.15) is 0 Å². The maximum Gasteiger partial charge on any atom is 0.0516 e. The molecule has 0 amide bonds. The first-order valence-electron chi connectivity index (χ1n) is 2.92. The fourth-order valence-corrected chi connectivity index (χ4v) is 0.455. The Labute approximate surface area is 52.0 Å². The van der Waals surface area contributed by atoms with E-state index in [9.17, 15) is 0 Å². The van der Waals surface area contributed by atoms with E-state index < -0.39 is 0 Å². The Morgan fingerprint density at radius 2 is 2.00 bits per heavy atom. The van der Waals surface area contributed by atoms with Crippen LogP contribution in [-0.2, 0) is 4.74 Å². The average molecular weight is 115 g/mol. The molecule has 0 aliphatic rings. The van der Waals surface area contributed by atoms with Crippen LogP contribution in [0.2, 0.25) is 0 Å². The number of rotatable bonds is 3. The Balaban J connectivity index is 3.37. The van der Waals surface area contributed by atoms with Crippen molar-refractivity contribution < 1.29 is 4.74 Å². The molecule has 0 aliphatic heterocycles. The van der Waals surface area contributed by atoms with Crippen LogP contribution in [-0.4, -0.2) is 13.7 Å². The average Bonchev–Trinajstić information content (AvgIpc) is 1.67. The van der Waals surface area contributed by atoms with Gasteiger partial charge in [0.2, 0.25) is 0 Å². The quantitative estimate of drug-likeness (QED) is 0.545. The van der Waals surface area contributed by atoms with E-state index in [0.717, 1.165) is 6.61 Å². The van der Waals surface area contributed by atoms with E-state index in [4.69, 9.17) is 4.74 Å². The zero-order chi connectivity index (χ0) is 6.62. The van der Waals surface area contributed by atoms with Crippen molar-refractivity contribution in [2.75, 3.05) is 13.7 Å². The monoisotopic (exact) mass is 115 g/mol. The molecule has 0 fully saturated rings. The third kappa shape index (κ3) is 3.03. The molecule has 0 bridgehead atoms. The summed E-state index contributed by atoms with van der Waals surface area (Å²) in [5, 5.41) is 0. The van der Waals surface area contributed by atoms with Crippen LogP contribution in [0.3, 0.4) is 0 Å². The van der Waals surface area contributed by atoms with Crippen LogP contribution in [0, 0.1) is 11.8 Å². The minimum atomic E-state index is 0.245. The molecule has 1 nitrogen and oxygen atoms in total. The second-order valence-corrected chi connectivity index (χ2v) is 2.71. The zero-order valence-electron chi connectivity index (χ0n) is 6.19. The molecule has 0 aliphatic carbocycles. The normalized spacial score (nSPS) is 12.0. The van der Waals surface area contributed by atoms with Gasteiger partial charge in [-0.15, -0.1) is 0 Å². The summed E-state index contributed by atoms with van der Waals surface area (Å²) in [5.41, 5.74) is 0.245. The van der Waals surface area contributed by atoms with E-state index in [1.807, 2.05) is 0 Å². The van der Waals surface area contributed by atoms with E-state index in [-0.39, 0.29) is 5.41 Å². The van der Waals surface area contributed by atoms with E-state index in [1.54, 1.807) is 7.11 Å². The van der Waals surface area contributed by atoms with Gasteiger partial charge in [0.25, 0.3) is 0 Å². The van der Waals surface area contributed by atoms with Crippen molar-refractivity contribution in [2.45, 2.75) is 20.8 Å². The maximum absolute atomic E-state index is 4.97. The summed E-state index contributed by atoms with van der Waals surface area (Å²) in [6.07, 6.45) is 2.15. The van der Waals surface area contributed by atoms with E-state index >= 15 is 0 Å². The summed E-state index contributed by atoms with van der Waals surface area (Å²) < 4.78 is 4.97. The van der Waals surface area contributed by atoms with Gasteiger partial charge in [-0.05, 0) is 11.8 Å². The van der Waals surface area contributed by atoms with Gasteiger partial charge in [0.05, 0.1) is 6.61 Å². The Morgan fingerprint density at radius 3 is 2.12 bits per heavy atom. The summed E-state index contributed by atoms with van der Waals surface area (Å²) in [6, 6.07) is 0. The van der Waals surface area contributed by atoms with Crippen LogP contribution in [0.5, 0.6) is 0 Å². The molecule has 0 saturated heterocycles. The van der Waals surface area contributed by atoms with Gasteiger partial charge < -0.3 is 4.74 Å². The molecular formula is C7H15O. The first-order valence-corrected chi connectivity index (χ1v) is 2.92. The van der Waals surface area contributed by atoms with E-state index in [2.05, 4.69) is 27.2 Å². The lowest BCUT2D eigenvalue weighted by Gasteiger charge is -2.19. The molecule has 1 heteroatoms. The Hall–Kier alpha value is -0.0400. The van der Waals surface area contributed by atoms with Crippen LogP contribution < -0.4 is 0 Å². The number of ether oxygens (including phenoxy) is 1. The molecule has 1 radical (unpaired) electrons. The SMILES string of the molecule is C[CH]C(C)(C)COC. The molecule has 0 aromatic heterocycles. The Bertz CT molecular complexity index is 57.4. The van der Waals surface area contributed by atoms with E-state index in [1.165, 1.54) is 0 Å². The predicted octanol–water partition coefficient (Wildman–Crippen LogP) is 1.88. The van der Waals surface area contributed by atoms with Gasteiger partial charge in [-0.3, -0.25) is 0 Å². The first-order chi connectivity index (χ1) is 3.62. The van der Waals surface area contributed by atoms with Gasteiger partial charge in [0, 0.05) is 7.11 Å². The van der Waals surface area contributed by atoms with Gasteiger partial charge in [-0.25, -0.2) is 0 Å². The molecule has 0 aromatic carbocycles. The molecule has 0 heterocycles. The Morgan fingerprint density at radius 1 is 1.50 bits per heavy atom. The minimum Gasteiger partial charge on any atom is -0.384 e. The highest BCUT2D eigenvalue weighted by molar-refractivity contribution is 4.79. The largest absolute Gasteiger partial charge is 0.384 e. The molecule has 0 N–H and O–H groups in total. The van der Waals surface area contributed by atoms with Crippen LogP contribution in [0.15, 0.2) is 0 Å². The number of methoxy groups -OCH3 is 1. The molecule has 49 valence electrons. The summed E-state index contributed by atoms with van der Waals surface area (Å²) >= 11 is 0. The zero-order valence-corrected chi connectivity index (χ0v) is 6.19. The third-order valence-corrected chi connectivity index (χ3v) is 1.30. The highest BCUT2D eigenvalue weighted by Gasteiger charge is 2.13. The maximum atomic E-state index is 4.97. The summed E-state index contributed by atoms with van der Waals surface area (Å²) in [7, 11) is 1.73. The minimum absolute atomic E-state index is 0.245. The predicted molar refractivity (Wildman–Crippen MR) is 35.6 cm³/mol. The van der Waals surface area contributed by atoms with Crippen molar-refractivity contribution in [3.05, 3.63) is 6.42 Å². The van der Waals surface area contributed by atoms with Crippen LogP contribution in [0.25, 0.3) is 0 Å². The Kier molecular flexibility index (Phi) is 3.06. The summed E-state index contributed by atoms with van der Waals surface area (Å²) in [5.74, 6) is 0. The fraction of sp³-hybridized carbons (Fsp3) is 0.857. The molecule has 0 rings (SSSR count). The fourth-order valence-electron chi connectivity index (χ4n) is 0.455. The molecule has 8 heavy (non-hydrogen) atoms. The highest BCUT2D eigenvalue weighted by Crippen LogP contribution is 2.17. The lowest BCUT2D eigenvalue weighted by molar-refractivity contribution is 0.124. The van der Waals surface area contributed by atoms with Crippen molar-refractivity contribution in [3.63, 3.8) is 0 Å². The van der Waals surface area contributed by atoms with Crippen LogP contribution in [0.1, 0.15) is 20.8 Å². The van der Waals surface area contributed by atoms with Gasteiger partial charge >= 0.3 is 0 Å². The van der Waals surface area contributed by atoms with Crippen molar-refractivity contribution >= 4 is 0 Å².